The lowest BCUT2D eigenvalue weighted by Crippen LogP contribution is -2.54. The van der Waals surface area contributed by atoms with Crippen molar-refractivity contribution in [3.05, 3.63) is 18.6 Å². The molecule has 0 N–H and O–H groups in total. The molecule has 1 aromatic heterocycles. The summed E-state index contributed by atoms with van der Waals surface area (Å²) in [5, 5.41) is 0. The van der Waals surface area contributed by atoms with E-state index in [1.165, 1.54) is 12.8 Å². The molecule has 0 bridgehead atoms. The highest BCUT2D eigenvalue weighted by Gasteiger charge is 2.29. The van der Waals surface area contributed by atoms with Gasteiger partial charge in [0.15, 0.2) is 0 Å². The van der Waals surface area contributed by atoms with Crippen LogP contribution < -0.4 is 4.90 Å². The molecule has 1 amide bonds. The van der Waals surface area contributed by atoms with Gasteiger partial charge in [-0.05, 0) is 19.8 Å². The van der Waals surface area contributed by atoms with Crippen molar-refractivity contribution in [2.75, 3.05) is 44.2 Å². The number of hydrogen-bond donors (Lipinski definition) is 0. The van der Waals surface area contributed by atoms with Gasteiger partial charge >= 0.3 is 0 Å². The number of nitrogens with zero attached hydrogens (tertiary/aromatic N) is 5. The number of carbonyl (C=O) groups is 1. The van der Waals surface area contributed by atoms with E-state index in [1.807, 2.05) is 6.20 Å². The first-order valence-electron chi connectivity index (χ1n) is 8.79. The van der Waals surface area contributed by atoms with Gasteiger partial charge in [0, 0.05) is 51.7 Å². The van der Waals surface area contributed by atoms with Crippen LogP contribution >= 0.6 is 0 Å². The third-order valence-corrected chi connectivity index (χ3v) is 5.01. The minimum absolute atomic E-state index is 0.0166. The average Bonchev–Trinajstić information content (AvgIpc) is 2.91. The van der Waals surface area contributed by atoms with Crippen molar-refractivity contribution in [1.82, 2.24) is 19.8 Å². The Hall–Kier alpha value is -1.69. The molecule has 0 aromatic carbocycles. The first-order chi connectivity index (χ1) is 11.3. The molecule has 0 spiro atoms. The molecular formula is C17H27N5O. The molecule has 2 fully saturated rings. The van der Waals surface area contributed by atoms with Crippen LogP contribution in [0.5, 0.6) is 0 Å². The van der Waals surface area contributed by atoms with E-state index in [1.54, 1.807) is 12.4 Å². The van der Waals surface area contributed by atoms with E-state index in [4.69, 9.17) is 0 Å². The molecule has 1 atom stereocenters. The monoisotopic (exact) mass is 317 g/mol. The van der Waals surface area contributed by atoms with Gasteiger partial charge in [-0.15, -0.1) is 0 Å². The molecule has 1 aromatic rings. The van der Waals surface area contributed by atoms with Crippen molar-refractivity contribution >= 4 is 11.7 Å². The molecule has 1 unspecified atom stereocenters. The van der Waals surface area contributed by atoms with E-state index in [0.29, 0.717) is 5.91 Å². The fraction of sp³-hybridized carbons (Fsp3) is 0.706. The van der Waals surface area contributed by atoms with E-state index in [0.717, 1.165) is 57.9 Å². The van der Waals surface area contributed by atoms with Crippen LogP contribution in [0.3, 0.4) is 0 Å². The Balaban J connectivity index is 1.53. The zero-order valence-corrected chi connectivity index (χ0v) is 14.0. The lowest BCUT2D eigenvalue weighted by atomic mass is 10.2. The van der Waals surface area contributed by atoms with Crippen molar-refractivity contribution in [3.8, 4) is 0 Å². The van der Waals surface area contributed by atoms with Crippen molar-refractivity contribution in [2.24, 2.45) is 0 Å². The fourth-order valence-corrected chi connectivity index (χ4v) is 3.50. The molecular weight excluding hydrogens is 290 g/mol. The summed E-state index contributed by atoms with van der Waals surface area (Å²) >= 11 is 0. The summed E-state index contributed by atoms with van der Waals surface area (Å²) in [6.45, 7) is 7.53. The standard InChI is InChI=1S/C17H27N5O/c1-15(17(23)22-8-4-2-3-5-9-22)20-10-12-21(13-11-20)16-14-18-6-7-19-16/h6-7,14-15H,2-5,8-13H2,1H3. The van der Waals surface area contributed by atoms with Crippen molar-refractivity contribution in [1.29, 1.82) is 0 Å². The summed E-state index contributed by atoms with van der Waals surface area (Å²) in [6, 6.07) is -0.0166. The highest BCUT2D eigenvalue weighted by atomic mass is 16.2. The summed E-state index contributed by atoms with van der Waals surface area (Å²) in [5.41, 5.74) is 0. The van der Waals surface area contributed by atoms with Crippen LogP contribution in [0, 0.1) is 0 Å². The summed E-state index contributed by atoms with van der Waals surface area (Å²) in [5.74, 6) is 1.23. The maximum atomic E-state index is 12.7. The Labute approximate surface area is 138 Å². The number of likely N-dealkylation sites (tertiary alicyclic amines) is 1. The molecule has 3 rings (SSSR count). The van der Waals surface area contributed by atoms with E-state index in [9.17, 15) is 4.79 Å². The second-order valence-electron chi connectivity index (χ2n) is 6.50. The van der Waals surface area contributed by atoms with Crippen molar-refractivity contribution in [2.45, 2.75) is 38.6 Å². The third kappa shape index (κ3) is 3.99. The topological polar surface area (TPSA) is 52.6 Å². The van der Waals surface area contributed by atoms with Gasteiger partial charge in [-0.25, -0.2) is 4.98 Å². The molecule has 0 radical (unpaired) electrons. The van der Waals surface area contributed by atoms with Gasteiger partial charge in [0.1, 0.15) is 5.82 Å². The van der Waals surface area contributed by atoms with Crippen LogP contribution in [-0.4, -0.2) is 71.0 Å². The first-order valence-corrected chi connectivity index (χ1v) is 8.79. The van der Waals surface area contributed by atoms with Crippen LogP contribution in [0.1, 0.15) is 32.6 Å². The van der Waals surface area contributed by atoms with E-state index >= 15 is 0 Å². The molecule has 23 heavy (non-hydrogen) atoms. The van der Waals surface area contributed by atoms with Crippen LogP contribution in [0.4, 0.5) is 5.82 Å². The van der Waals surface area contributed by atoms with Gasteiger partial charge in [-0.1, -0.05) is 12.8 Å². The molecule has 126 valence electrons. The average molecular weight is 317 g/mol. The quantitative estimate of drug-likeness (QED) is 0.843. The number of carbonyl (C=O) groups excluding carboxylic acids is 1. The van der Waals surface area contributed by atoms with Gasteiger partial charge < -0.3 is 9.80 Å². The van der Waals surface area contributed by atoms with E-state index in [2.05, 4.69) is 31.6 Å². The Kier molecular flexibility index (Phi) is 5.43. The minimum atomic E-state index is -0.0166. The third-order valence-electron chi connectivity index (χ3n) is 5.01. The lowest BCUT2D eigenvalue weighted by Gasteiger charge is -2.39. The molecule has 0 aliphatic carbocycles. The summed E-state index contributed by atoms with van der Waals surface area (Å²) in [4.78, 5) is 27.9. The van der Waals surface area contributed by atoms with Gasteiger partial charge in [-0.3, -0.25) is 14.7 Å². The minimum Gasteiger partial charge on any atom is -0.353 e. The predicted octanol–water partition coefficient (Wildman–Crippen LogP) is 1.39. The van der Waals surface area contributed by atoms with Crippen LogP contribution in [0.2, 0.25) is 0 Å². The van der Waals surface area contributed by atoms with Crippen molar-refractivity contribution < 1.29 is 4.79 Å². The number of amides is 1. The Morgan fingerprint density at radius 1 is 1.00 bits per heavy atom. The number of anilines is 1. The summed E-state index contributed by atoms with van der Waals surface area (Å²) in [7, 11) is 0. The molecule has 2 aliphatic rings. The number of rotatable bonds is 3. The van der Waals surface area contributed by atoms with Gasteiger partial charge in [0.05, 0.1) is 12.2 Å². The lowest BCUT2D eigenvalue weighted by molar-refractivity contribution is -0.136. The number of piperazine rings is 1. The normalized spacial score (nSPS) is 21.8. The van der Waals surface area contributed by atoms with Gasteiger partial charge in [-0.2, -0.15) is 0 Å². The van der Waals surface area contributed by atoms with Crippen molar-refractivity contribution in [3.63, 3.8) is 0 Å². The Bertz CT molecular complexity index is 493. The SMILES string of the molecule is CC(C(=O)N1CCCCCC1)N1CCN(c2cnccn2)CC1. The summed E-state index contributed by atoms with van der Waals surface area (Å²) in [6.07, 6.45) is 10.1. The Morgan fingerprint density at radius 2 is 1.70 bits per heavy atom. The van der Waals surface area contributed by atoms with E-state index < -0.39 is 0 Å². The maximum absolute atomic E-state index is 12.7. The molecule has 6 nitrogen and oxygen atoms in total. The van der Waals surface area contributed by atoms with Crippen LogP contribution in [-0.2, 0) is 4.79 Å². The second kappa shape index (κ2) is 7.73. The number of hydrogen-bond acceptors (Lipinski definition) is 5. The van der Waals surface area contributed by atoms with Gasteiger partial charge in [0.2, 0.25) is 5.91 Å². The van der Waals surface area contributed by atoms with E-state index in [-0.39, 0.29) is 6.04 Å². The maximum Gasteiger partial charge on any atom is 0.239 e. The van der Waals surface area contributed by atoms with Crippen LogP contribution in [0.25, 0.3) is 0 Å². The Morgan fingerprint density at radius 3 is 2.30 bits per heavy atom. The smallest absolute Gasteiger partial charge is 0.239 e. The molecule has 2 saturated heterocycles. The molecule has 6 heteroatoms. The summed E-state index contributed by atoms with van der Waals surface area (Å²) < 4.78 is 0. The largest absolute Gasteiger partial charge is 0.353 e. The zero-order valence-electron chi connectivity index (χ0n) is 14.0. The van der Waals surface area contributed by atoms with Crippen LogP contribution in [0.15, 0.2) is 18.6 Å². The second-order valence-corrected chi connectivity index (χ2v) is 6.50. The van der Waals surface area contributed by atoms with Gasteiger partial charge in [0.25, 0.3) is 0 Å². The molecule has 0 saturated carbocycles. The highest BCUT2D eigenvalue weighted by molar-refractivity contribution is 5.81. The molecule has 3 heterocycles. The molecule has 2 aliphatic heterocycles. The number of aromatic nitrogens is 2. The fourth-order valence-electron chi connectivity index (χ4n) is 3.50. The first kappa shape index (κ1) is 16.2. The predicted molar refractivity (Wildman–Crippen MR) is 90.3 cm³/mol. The zero-order chi connectivity index (χ0) is 16.1. The highest BCUT2D eigenvalue weighted by Crippen LogP contribution is 2.16.